The second-order valence-electron chi connectivity index (χ2n) is 5.53. The van der Waals surface area contributed by atoms with Crippen LogP contribution in [0.4, 0.5) is 0 Å². The van der Waals surface area contributed by atoms with Crippen molar-refractivity contribution in [3.05, 3.63) is 76.3 Å². The first-order chi connectivity index (χ1) is 11.1. The number of ether oxygens (including phenoxy) is 1. The Kier molecular flexibility index (Phi) is 4.02. The number of rotatable bonds is 3. The van der Waals surface area contributed by atoms with Crippen molar-refractivity contribution >= 4 is 0 Å². The molecule has 0 amide bonds. The first kappa shape index (κ1) is 15.1. The topological polar surface area (TPSA) is 39.4 Å². The largest absolute Gasteiger partial charge is 0.497 e. The summed E-state index contributed by atoms with van der Waals surface area (Å²) < 4.78 is 10.5. The zero-order chi connectivity index (χ0) is 16.4. The Morgan fingerprint density at radius 1 is 0.870 bits per heavy atom. The lowest BCUT2D eigenvalue weighted by atomic mass is 9.95. The van der Waals surface area contributed by atoms with E-state index in [2.05, 4.69) is 0 Å². The van der Waals surface area contributed by atoms with Crippen molar-refractivity contribution in [3.8, 4) is 28.0 Å². The van der Waals surface area contributed by atoms with E-state index in [1.54, 1.807) is 14.0 Å². The molecule has 0 saturated carbocycles. The molecule has 0 unspecified atom stereocenters. The summed E-state index contributed by atoms with van der Waals surface area (Å²) >= 11 is 0. The summed E-state index contributed by atoms with van der Waals surface area (Å²) in [6.07, 6.45) is 0. The van der Waals surface area contributed by atoms with Crippen LogP contribution >= 0.6 is 0 Å². The molecular weight excluding hydrogens is 288 g/mol. The molecule has 1 heterocycles. The minimum Gasteiger partial charge on any atom is -0.497 e. The van der Waals surface area contributed by atoms with Crippen molar-refractivity contribution in [2.24, 2.45) is 0 Å². The fourth-order valence-electron chi connectivity index (χ4n) is 2.60. The molecule has 1 aromatic heterocycles. The van der Waals surface area contributed by atoms with Crippen LogP contribution in [0.25, 0.3) is 22.3 Å². The van der Waals surface area contributed by atoms with Crippen LogP contribution < -0.4 is 10.4 Å². The highest BCUT2D eigenvalue weighted by atomic mass is 16.5. The zero-order valence-electron chi connectivity index (χ0n) is 13.4. The molecule has 3 heteroatoms. The van der Waals surface area contributed by atoms with E-state index in [9.17, 15) is 4.79 Å². The smallest absolute Gasteiger partial charge is 0.344 e. The van der Waals surface area contributed by atoms with Crippen LogP contribution in [0.5, 0.6) is 5.75 Å². The van der Waals surface area contributed by atoms with Crippen molar-refractivity contribution in [2.45, 2.75) is 13.8 Å². The highest BCUT2D eigenvalue weighted by Crippen LogP contribution is 2.31. The third-order valence-electron chi connectivity index (χ3n) is 3.82. The summed E-state index contributed by atoms with van der Waals surface area (Å²) in [7, 11) is 1.63. The van der Waals surface area contributed by atoms with Gasteiger partial charge in [0.05, 0.1) is 12.7 Å². The van der Waals surface area contributed by atoms with E-state index >= 15 is 0 Å². The molecule has 0 aliphatic carbocycles. The molecule has 3 nitrogen and oxygen atoms in total. The maximum Gasteiger partial charge on any atom is 0.344 e. The first-order valence-electron chi connectivity index (χ1n) is 7.44. The average molecular weight is 306 g/mol. The lowest BCUT2D eigenvalue weighted by Gasteiger charge is -2.10. The number of methoxy groups -OCH3 is 1. The van der Waals surface area contributed by atoms with Gasteiger partial charge in [0.1, 0.15) is 11.5 Å². The van der Waals surface area contributed by atoms with Gasteiger partial charge in [-0.05, 0) is 43.2 Å². The fourth-order valence-corrected chi connectivity index (χ4v) is 2.60. The minimum atomic E-state index is -0.320. The highest BCUT2D eigenvalue weighted by molar-refractivity contribution is 5.82. The average Bonchev–Trinajstić information content (AvgIpc) is 2.55. The normalized spacial score (nSPS) is 10.6. The van der Waals surface area contributed by atoms with Gasteiger partial charge >= 0.3 is 5.63 Å². The van der Waals surface area contributed by atoms with Gasteiger partial charge < -0.3 is 9.15 Å². The fraction of sp³-hybridized carbons (Fsp3) is 0.150. The third kappa shape index (κ3) is 3.04. The maximum absolute atomic E-state index is 12.5. The van der Waals surface area contributed by atoms with E-state index in [4.69, 9.17) is 9.15 Å². The van der Waals surface area contributed by atoms with Crippen molar-refractivity contribution in [2.75, 3.05) is 7.11 Å². The predicted octanol–water partition coefficient (Wildman–Crippen LogP) is 4.60. The van der Waals surface area contributed by atoms with Crippen LogP contribution in [0, 0.1) is 13.8 Å². The number of hydrogen-bond acceptors (Lipinski definition) is 3. The molecule has 3 aromatic rings. The highest BCUT2D eigenvalue weighted by Gasteiger charge is 2.14. The van der Waals surface area contributed by atoms with Gasteiger partial charge in [-0.25, -0.2) is 4.79 Å². The van der Waals surface area contributed by atoms with Crippen molar-refractivity contribution < 1.29 is 9.15 Å². The molecule has 0 N–H and O–H groups in total. The lowest BCUT2D eigenvalue weighted by Crippen LogP contribution is -2.06. The molecule has 3 rings (SSSR count). The van der Waals surface area contributed by atoms with Crippen LogP contribution in [-0.4, -0.2) is 7.11 Å². The van der Waals surface area contributed by atoms with E-state index in [1.807, 2.05) is 61.5 Å². The summed E-state index contributed by atoms with van der Waals surface area (Å²) in [5, 5.41) is 0. The van der Waals surface area contributed by atoms with Crippen molar-refractivity contribution in [1.82, 2.24) is 0 Å². The van der Waals surface area contributed by atoms with Crippen molar-refractivity contribution in [1.29, 1.82) is 0 Å². The number of hydrogen-bond donors (Lipinski definition) is 0. The molecular formula is C20H18O3. The van der Waals surface area contributed by atoms with Crippen LogP contribution in [0.1, 0.15) is 11.3 Å². The zero-order valence-corrected chi connectivity index (χ0v) is 13.4. The Morgan fingerprint density at radius 2 is 1.48 bits per heavy atom. The Labute approximate surface area is 135 Å². The Bertz CT molecular complexity index is 872. The van der Waals surface area contributed by atoms with E-state index in [0.717, 1.165) is 28.0 Å². The molecule has 0 aliphatic heterocycles. The minimum absolute atomic E-state index is 0.320. The summed E-state index contributed by atoms with van der Waals surface area (Å²) in [6, 6.07) is 17.5. The lowest BCUT2D eigenvalue weighted by molar-refractivity contribution is 0.415. The summed E-state index contributed by atoms with van der Waals surface area (Å²) in [5.41, 5.74) is 4.09. The molecule has 0 atom stereocenters. The molecule has 0 radical (unpaired) electrons. The summed E-state index contributed by atoms with van der Waals surface area (Å²) in [4.78, 5) is 12.5. The molecule has 0 spiro atoms. The standard InChI is InChI=1S/C20H18O3/c1-13-4-6-16(7-5-13)19-18(12-14(2)23-20(19)21)15-8-10-17(22-3)11-9-15/h4-12H,1-3H3. The van der Waals surface area contributed by atoms with Gasteiger partial charge in [-0.3, -0.25) is 0 Å². The molecule has 23 heavy (non-hydrogen) atoms. The summed E-state index contributed by atoms with van der Waals surface area (Å²) in [5.74, 6) is 1.38. The Balaban J connectivity index is 2.22. The van der Waals surface area contributed by atoms with Crippen LogP contribution in [0.3, 0.4) is 0 Å². The van der Waals surface area contributed by atoms with Gasteiger partial charge in [-0.2, -0.15) is 0 Å². The van der Waals surface area contributed by atoms with Gasteiger partial charge in [-0.1, -0.05) is 42.0 Å². The second-order valence-corrected chi connectivity index (χ2v) is 5.53. The van der Waals surface area contributed by atoms with Crippen molar-refractivity contribution in [3.63, 3.8) is 0 Å². The third-order valence-corrected chi connectivity index (χ3v) is 3.82. The van der Waals surface area contributed by atoms with E-state index in [-0.39, 0.29) is 5.63 Å². The number of benzene rings is 2. The van der Waals surface area contributed by atoms with E-state index in [1.165, 1.54) is 0 Å². The van der Waals surface area contributed by atoms with Gasteiger partial charge in [0.2, 0.25) is 0 Å². The molecule has 0 saturated heterocycles. The Hall–Kier alpha value is -2.81. The van der Waals surface area contributed by atoms with Gasteiger partial charge in [-0.15, -0.1) is 0 Å². The van der Waals surface area contributed by atoms with Gasteiger partial charge in [0.15, 0.2) is 0 Å². The van der Waals surface area contributed by atoms with E-state index < -0.39 is 0 Å². The van der Waals surface area contributed by atoms with Gasteiger partial charge in [0.25, 0.3) is 0 Å². The van der Waals surface area contributed by atoms with Gasteiger partial charge in [0, 0.05) is 5.56 Å². The predicted molar refractivity (Wildman–Crippen MR) is 91.9 cm³/mol. The molecule has 116 valence electrons. The van der Waals surface area contributed by atoms with Crippen LogP contribution in [0.15, 0.2) is 63.8 Å². The van der Waals surface area contributed by atoms with Crippen LogP contribution in [-0.2, 0) is 0 Å². The maximum atomic E-state index is 12.5. The first-order valence-corrected chi connectivity index (χ1v) is 7.44. The monoisotopic (exact) mass is 306 g/mol. The molecule has 0 bridgehead atoms. The molecule has 0 aliphatic rings. The molecule has 0 fully saturated rings. The Morgan fingerprint density at radius 3 is 2.09 bits per heavy atom. The SMILES string of the molecule is COc1ccc(-c2cc(C)oc(=O)c2-c2ccc(C)cc2)cc1. The molecule has 2 aromatic carbocycles. The number of aryl methyl sites for hydroxylation is 2. The summed E-state index contributed by atoms with van der Waals surface area (Å²) in [6.45, 7) is 3.80. The van der Waals surface area contributed by atoms with E-state index in [0.29, 0.717) is 11.3 Å². The second kappa shape index (κ2) is 6.13. The van der Waals surface area contributed by atoms with Crippen LogP contribution in [0.2, 0.25) is 0 Å². The quantitative estimate of drug-likeness (QED) is 0.710.